The minimum absolute atomic E-state index is 0.228. The predicted octanol–water partition coefficient (Wildman–Crippen LogP) is 9.65. The van der Waals surface area contributed by atoms with Gasteiger partial charge in [-0.25, -0.2) is 0 Å². The number of aliphatic hydroxyl groups is 1. The molecule has 0 aliphatic heterocycles. The molecule has 0 aromatic carbocycles. The van der Waals surface area contributed by atoms with Gasteiger partial charge < -0.3 is 0 Å². The molecule has 0 amide bonds. The molecular formula is C29H60O2SiSn. The van der Waals surface area contributed by atoms with Gasteiger partial charge in [-0.15, -0.1) is 0 Å². The van der Waals surface area contributed by atoms with E-state index in [0.717, 1.165) is 13.0 Å². The van der Waals surface area contributed by atoms with Crippen molar-refractivity contribution in [2.45, 2.75) is 156 Å². The summed E-state index contributed by atoms with van der Waals surface area (Å²) in [6, 6.07) is 0. The zero-order chi connectivity index (χ0) is 25.0. The van der Waals surface area contributed by atoms with E-state index in [1.54, 1.807) is 3.59 Å². The van der Waals surface area contributed by atoms with Gasteiger partial charge in [0.1, 0.15) is 0 Å². The van der Waals surface area contributed by atoms with Gasteiger partial charge >= 0.3 is 215 Å². The molecule has 1 atom stereocenters. The molecule has 1 unspecified atom stereocenters. The summed E-state index contributed by atoms with van der Waals surface area (Å²) in [4.78, 5) is 0. The first-order valence-corrected chi connectivity index (χ1v) is 24.9. The first-order chi connectivity index (χ1) is 15.5. The number of unbranched alkanes of at least 4 members (excludes halogenated alkanes) is 3. The molecule has 2 nitrogen and oxygen atoms in total. The van der Waals surface area contributed by atoms with Gasteiger partial charge in [-0.3, -0.25) is 0 Å². The fourth-order valence-corrected chi connectivity index (χ4v) is 23.4. The van der Waals surface area contributed by atoms with Crippen LogP contribution in [0, 0.1) is 5.92 Å². The molecule has 0 radical (unpaired) electrons. The van der Waals surface area contributed by atoms with Crippen molar-refractivity contribution in [3.8, 4) is 0 Å². The van der Waals surface area contributed by atoms with Gasteiger partial charge in [0.2, 0.25) is 0 Å². The Bertz CT molecular complexity index is 525. The monoisotopic (exact) mass is 588 g/mol. The Morgan fingerprint density at radius 2 is 1.42 bits per heavy atom. The van der Waals surface area contributed by atoms with Crippen molar-refractivity contribution in [1.29, 1.82) is 0 Å². The second kappa shape index (κ2) is 15.7. The van der Waals surface area contributed by atoms with Gasteiger partial charge in [-0.1, -0.05) is 0 Å². The molecule has 196 valence electrons. The van der Waals surface area contributed by atoms with E-state index in [1.807, 2.05) is 0 Å². The Morgan fingerprint density at radius 3 is 1.85 bits per heavy atom. The van der Waals surface area contributed by atoms with E-state index in [0.29, 0.717) is 5.92 Å². The molecule has 1 aliphatic carbocycles. The Labute approximate surface area is 213 Å². The summed E-state index contributed by atoms with van der Waals surface area (Å²) < 4.78 is 12.9. The third-order valence-electron chi connectivity index (χ3n) is 8.85. The van der Waals surface area contributed by atoms with Crippen LogP contribution in [-0.2, 0) is 4.43 Å². The summed E-state index contributed by atoms with van der Waals surface area (Å²) in [5.74, 6) is 0.488. The number of aliphatic hydroxyl groups excluding tert-OH is 1. The molecule has 0 spiro atoms. The van der Waals surface area contributed by atoms with Gasteiger partial charge in [-0.2, -0.15) is 0 Å². The van der Waals surface area contributed by atoms with Crippen LogP contribution in [0.15, 0.2) is 9.67 Å². The summed E-state index contributed by atoms with van der Waals surface area (Å²) in [5, 5.41) is 11.7. The third kappa shape index (κ3) is 10.7. The van der Waals surface area contributed by atoms with Crippen molar-refractivity contribution in [2.75, 3.05) is 6.61 Å². The van der Waals surface area contributed by atoms with E-state index < -0.39 is 26.7 Å². The average Bonchev–Trinajstić information content (AvgIpc) is 2.78. The molecule has 1 rings (SSSR count). The minimum atomic E-state index is -2.57. The zero-order valence-electron chi connectivity index (χ0n) is 23.9. The van der Waals surface area contributed by atoms with Crippen LogP contribution in [0.4, 0.5) is 0 Å². The number of hydrogen-bond donors (Lipinski definition) is 1. The van der Waals surface area contributed by atoms with E-state index >= 15 is 0 Å². The molecule has 1 N–H and O–H groups in total. The zero-order valence-corrected chi connectivity index (χ0v) is 27.8. The summed E-state index contributed by atoms with van der Waals surface area (Å²) >= 11 is -2.57. The normalized spacial score (nSPS) is 18.0. The standard InChI is InChI=1S/C17H33O2Si.3C4H9.Sn/c1-17(2,3)20(4,5)19-14-10-9-13-16(18)15-11-7-6-8-12-15;3*1-3-4-2;/h13,15-16,18H,6-8,10-12,14H2,1-5H3;3*1,3-4H2,2H3;. The van der Waals surface area contributed by atoms with Gasteiger partial charge in [0, 0.05) is 0 Å². The fraction of sp³-hybridized carbons (Fsp3) is 0.931. The van der Waals surface area contributed by atoms with Crippen LogP contribution in [0.1, 0.15) is 119 Å². The maximum atomic E-state index is 11.4. The maximum absolute atomic E-state index is 11.4. The predicted molar refractivity (Wildman–Crippen MR) is 153 cm³/mol. The third-order valence-corrected chi connectivity index (χ3v) is 29.7. The van der Waals surface area contributed by atoms with Crippen molar-refractivity contribution in [2.24, 2.45) is 5.92 Å². The molecular weight excluding hydrogens is 527 g/mol. The van der Waals surface area contributed by atoms with E-state index in [2.05, 4.69) is 60.7 Å². The molecule has 1 aliphatic rings. The van der Waals surface area contributed by atoms with Crippen molar-refractivity contribution in [1.82, 2.24) is 0 Å². The van der Waals surface area contributed by atoms with Crippen LogP contribution in [0.5, 0.6) is 0 Å². The average molecular weight is 588 g/mol. The van der Waals surface area contributed by atoms with E-state index in [1.165, 1.54) is 83.9 Å². The van der Waals surface area contributed by atoms with Crippen molar-refractivity contribution in [3.05, 3.63) is 9.67 Å². The molecule has 0 aromatic heterocycles. The first-order valence-electron chi connectivity index (χ1n) is 14.6. The van der Waals surface area contributed by atoms with Crippen molar-refractivity contribution < 1.29 is 9.53 Å². The summed E-state index contributed by atoms with van der Waals surface area (Å²) in [6.45, 7) is 19.7. The van der Waals surface area contributed by atoms with Gasteiger partial charge in [-0.05, 0) is 0 Å². The van der Waals surface area contributed by atoms with Crippen LogP contribution >= 0.6 is 0 Å². The number of rotatable bonds is 16. The second-order valence-corrected chi connectivity index (χ2v) is 30.8. The SMILES string of the molecule is CCC[CH2][Sn]([CH2]CCC)([CH2]CCC)/[C](=C/C(O)C1CCCCC1)CCO[Si](C)(C)C(C)(C)C. The number of hydrogen-bond acceptors (Lipinski definition) is 2. The molecule has 0 heterocycles. The Morgan fingerprint density at radius 1 is 0.939 bits per heavy atom. The van der Waals surface area contributed by atoms with Crippen LogP contribution in [0.2, 0.25) is 31.4 Å². The Hall–Kier alpha value is 0.676. The summed E-state index contributed by atoms with van der Waals surface area (Å²) in [6.07, 6.45) is 17.7. The Kier molecular flexibility index (Phi) is 15.1. The van der Waals surface area contributed by atoms with Gasteiger partial charge in [0.05, 0.1) is 0 Å². The van der Waals surface area contributed by atoms with Gasteiger partial charge in [0.25, 0.3) is 0 Å². The molecule has 4 heteroatoms. The topological polar surface area (TPSA) is 29.5 Å². The van der Waals surface area contributed by atoms with E-state index in [-0.39, 0.29) is 11.1 Å². The van der Waals surface area contributed by atoms with E-state index in [4.69, 9.17) is 4.43 Å². The summed E-state index contributed by atoms with van der Waals surface area (Å²) in [5.41, 5.74) is 0. The van der Waals surface area contributed by atoms with E-state index in [9.17, 15) is 5.11 Å². The molecule has 0 aromatic rings. The van der Waals surface area contributed by atoms with Crippen LogP contribution in [0.25, 0.3) is 0 Å². The molecule has 33 heavy (non-hydrogen) atoms. The van der Waals surface area contributed by atoms with Gasteiger partial charge in [0.15, 0.2) is 0 Å². The molecule has 0 saturated heterocycles. The van der Waals surface area contributed by atoms with Crippen molar-refractivity contribution >= 4 is 26.7 Å². The summed E-state index contributed by atoms with van der Waals surface area (Å²) in [7, 11) is -1.75. The van der Waals surface area contributed by atoms with Crippen LogP contribution in [-0.4, -0.2) is 44.5 Å². The molecule has 1 saturated carbocycles. The molecule has 0 bridgehead atoms. The molecule has 1 fully saturated rings. The Balaban J connectivity index is 3.25. The fourth-order valence-electron chi connectivity index (χ4n) is 5.38. The van der Waals surface area contributed by atoms with Crippen molar-refractivity contribution in [3.63, 3.8) is 0 Å². The quantitative estimate of drug-likeness (QED) is 0.182. The van der Waals surface area contributed by atoms with Crippen LogP contribution < -0.4 is 0 Å². The van der Waals surface area contributed by atoms with Crippen LogP contribution in [0.3, 0.4) is 0 Å². The second-order valence-electron chi connectivity index (χ2n) is 12.5. The first kappa shape index (κ1) is 31.7.